The first-order valence-corrected chi connectivity index (χ1v) is 7.02. The third-order valence-electron chi connectivity index (χ3n) is 3.80. The summed E-state index contributed by atoms with van der Waals surface area (Å²) in [6, 6.07) is 7.99. The Labute approximate surface area is 129 Å². The fraction of sp³-hybridized carbons (Fsp3) is 0.235. The second kappa shape index (κ2) is 6.39. The van der Waals surface area contributed by atoms with Crippen molar-refractivity contribution in [3.05, 3.63) is 58.3 Å². The molecule has 0 unspecified atom stereocenters. The lowest BCUT2D eigenvalue weighted by Gasteiger charge is -2.14. The minimum absolute atomic E-state index is 0.429. The second-order valence-electron chi connectivity index (χ2n) is 5.20. The largest absolute Gasteiger partial charge is 0.327 e. The van der Waals surface area contributed by atoms with Crippen molar-refractivity contribution < 1.29 is 9.59 Å². The van der Waals surface area contributed by atoms with Crippen LogP contribution in [0.5, 0.6) is 0 Å². The lowest BCUT2D eigenvalue weighted by molar-refractivity contribution is 0.0967. The number of anilines is 1. The van der Waals surface area contributed by atoms with Crippen molar-refractivity contribution in [2.45, 2.75) is 27.7 Å². The van der Waals surface area contributed by atoms with Gasteiger partial charge in [0.1, 0.15) is 5.82 Å². The number of amides is 3. The van der Waals surface area contributed by atoms with Gasteiger partial charge in [-0.05, 0) is 56.5 Å². The van der Waals surface area contributed by atoms with Crippen LogP contribution in [-0.2, 0) is 0 Å². The maximum absolute atomic E-state index is 12.0. The summed E-state index contributed by atoms with van der Waals surface area (Å²) in [4.78, 5) is 28.3. The summed E-state index contributed by atoms with van der Waals surface area (Å²) in [6.45, 7) is 7.76. The third kappa shape index (κ3) is 3.31. The van der Waals surface area contributed by atoms with Crippen molar-refractivity contribution in [2.75, 3.05) is 5.32 Å². The molecule has 0 saturated carbocycles. The first kappa shape index (κ1) is 15.7. The van der Waals surface area contributed by atoms with E-state index < -0.39 is 11.9 Å². The number of nitrogens with one attached hydrogen (secondary N) is 2. The van der Waals surface area contributed by atoms with Gasteiger partial charge in [-0.25, -0.2) is 9.78 Å². The molecular weight excluding hydrogens is 278 g/mol. The number of aromatic nitrogens is 1. The first-order valence-electron chi connectivity index (χ1n) is 7.02. The quantitative estimate of drug-likeness (QED) is 0.893. The topological polar surface area (TPSA) is 71.1 Å². The van der Waals surface area contributed by atoms with Crippen LogP contribution in [0.2, 0.25) is 0 Å². The van der Waals surface area contributed by atoms with Crippen LogP contribution in [0, 0.1) is 27.7 Å². The molecule has 0 saturated heterocycles. The number of aryl methyl sites for hydroxylation is 1. The summed E-state index contributed by atoms with van der Waals surface area (Å²) in [5.41, 5.74) is 4.36. The highest BCUT2D eigenvalue weighted by Crippen LogP contribution is 2.21. The molecule has 0 radical (unpaired) electrons. The molecule has 0 aliphatic rings. The molecule has 0 aliphatic carbocycles. The predicted octanol–water partition coefficient (Wildman–Crippen LogP) is 3.28. The molecule has 0 aliphatic heterocycles. The van der Waals surface area contributed by atoms with Crippen LogP contribution in [0.15, 0.2) is 30.3 Å². The number of nitrogens with zero attached hydrogens (tertiary/aromatic N) is 1. The van der Waals surface area contributed by atoms with E-state index in [9.17, 15) is 9.59 Å². The highest BCUT2D eigenvalue weighted by Gasteiger charge is 2.14. The molecule has 1 aromatic carbocycles. The highest BCUT2D eigenvalue weighted by atomic mass is 16.2. The van der Waals surface area contributed by atoms with Gasteiger partial charge >= 0.3 is 6.03 Å². The van der Waals surface area contributed by atoms with Crippen molar-refractivity contribution in [1.82, 2.24) is 10.3 Å². The number of hydrogen-bond donors (Lipinski definition) is 2. The van der Waals surface area contributed by atoms with Gasteiger partial charge in [-0.3, -0.25) is 15.4 Å². The van der Waals surface area contributed by atoms with Crippen LogP contribution in [0.1, 0.15) is 32.7 Å². The maximum atomic E-state index is 12.0. The molecule has 0 atom stereocenters. The van der Waals surface area contributed by atoms with Gasteiger partial charge in [0.25, 0.3) is 5.91 Å². The van der Waals surface area contributed by atoms with Crippen molar-refractivity contribution in [3.8, 4) is 0 Å². The molecule has 22 heavy (non-hydrogen) atoms. The van der Waals surface area contributed by atoms with E-state index in [2.05, 4.69) is 15.6 Å². The molecule has 2 rings (SSSR count). The number of imide groups is 1. The van der Waals surface area contributed by atoms with E-state index in [0.717, 1.165) is 22.4 Å². The molecule has 0 bridgehead atoms. The number of urea groups is 1. The molecule has 5 nitrogen and oxygen atoms in total. The number of pyridine rings is 1. The van der Waals surface area contributed by atoms with Crippen molar-refractivity contribution >= 4 is 17.8 Å². The third-order valence-corrected chi connectivity index (χ3v) is 3.80. The summed E-state index contributed by atoms with van der Waals surface area (Å²) >= 11 is 0. The second-order valence-corrected chi connectivity index (χ2v) is 5.20. The van der Waals surface area contributed by atoms with Crippen LogP contribution >= 0.6 is 0 Å². The van der Waals surface area contributed by atoms with Crippen LogP contribution in [0.3, 0.4) is 0 Å². The molecule has 5 heteroatoms. The Kier molecular flexibility index (Phi) is 4.56. The molecule has 0 spiro atoms. The molecular formula is C17H19N3O2. The van der Waals surface area contributed by atoms with Gasteiger partial charge in [-0.1, -0.05) is 18.2 Å². The van der Waals surface area contributed by atoms with Gasteiger partial charge in [-0.15, -0.1) is 0 Å². The molecule has 0 fully saturated rings. The molecule has 2 aromatic rings. The van der Waals surface area contributed by atoms with Gasteiger partial charge in [0.2, 0.25) is 0 Å². The Morgan fingerprint density at radius 3 is 2.18 bits per heavy atom. The number of carbonyl (C=O) groups excluding carboxylic acids is 2. The van der Waals surface area contributed by atoms with E-state index >= 15 is 0 Å². The first-order chi connectivity index (χ1) is 10.4. The van der Waals surface area contributed by atoms with Crippen LogP contribution < -0.4 is 10.6 Å². The van der Waals surface area contributed by atoms with Crippen LogP contribution in [-0.4, -0.2) is 16.9 Å². The van der Waals surface area contributed by atoms with Gasteiger partial charge in [0.15, 0.2) is 0 Å². The smallest absolute Gasteiger partial charge is 0.292 e. The van der Waals surface area contributed by atoms with E-state index in [1.165, 1.54) is 0 Å². The summed E-state index contributed by atoms with van der Waals surface area (Å²) in [5, 5.41) is 4.93. The Hall–Kier alpha value is -2.69. The van der Waals surface area contributed by atoms with E-state index in [1.54, 1.807) is 24.3 Å². The monoisotopic (exact) mass is 297 g/mol. The lowest BCUT2D eigenvalue weighted by Crippen LogP contribution is -2.34. The minimum atomic E-state index is -0.591. The normalized spacial score (nSPS) is 10.2. The average molecular weight is 297 g/mol. The van der Waals surface area contributed by atoms with Crippen LogP contribution in [0.4, 0.5) is 10.6 Å². The van der Waals surface area contributed by atoms with E-state index in [0.29, 0.717) is 11.4 Å². The molecule has 114 valence electrons. The Balaban J connectivity index is 2.12. The van der Waals surface area contributed by atoms with E-state index in [4.69, 9.17) is 0 Å². The molecule has 3 amide bonds. The van der Waals surface area contributed by atoms with Gasteiger partial charge in [-0.2, -0.15) is 0 Å². The fourth-order valence-electron chi connectivity index (χ4n) is 2.09. The zero-order valence-electron chi connectivity index (χ0n) is 13.2. The van der Waals surface area contributed by atoms with Crippen molar-refractivity contribution in [2.24, 2.45) is 0 Å². The number of carbonyl (C=O) groups is 2. The van der Waals surface area contributed by atoms with Crippen molar-refractivity contribution in [3.63, 3.8) is 0 Å². The maximum Gasteiger partial charge on any atom is 0.327 e. The van der Waals surface area contributed by atoms with E-state index in [-0.39, 0.29) is 0 Å². The van der Waals surface area contributed by atoms with Gasteiger partial charge < -0.3 is 0 Å². The zero-order chi connectivity index (χ0) is 16.3. The average Bonchev–Trinajstić information content (AvgIpc) is 2.51. The molecule has 2 N–H and O–H groups in total. The summed E-state index contributed by atoms with van der Waals surface area (Å²) in [6.07, 6.45) is 0. The minimum Gasteiger partial charge on any atom is -0.292 e. The standard InChI is InChI=1S/C17H19N3O2/c1-10-11(2)13(4)18-15(12(10)3)19-17(22)20-16(21)14-8-6-5-7-9-14/h5-9H,1-4H3,(H2,18,19,20,21,22). The fourth-order valence-corrected chi connectivity index (χ4v) is 2.09. The van der Waals surface area contributed by atoms with Crippen molar-refractivity contribution in [1.29, 1.82) is 0 Å². The van der Waals surface area contributed by atoms with Gasteiger partial charge in [0.05, 0.1) is 0 Å². The Morgan fingerprint density at radius 2 is 1.55 bits per heavy atom. The number of rotatable bonds is 2. The summed E-state index contributed by atoms with van der Waals surface area (Å²) in [5.74, 6) is 0.0234. The highest BCUT2D eigenvalue weighted by molar-refractivity contribution is 6.07. The van der Waals surface area contributed by atoms with E-state index in [1.807, 2.05) is 33.8 Å². The predicted molar refractivity (Wildman–Crippen MR) is 86.1 cm³/mol. The van der Waals surface area contributed by atoms with Gasteiger partial charge in [0, 0.05) is 11.3 Å². The number of benzene rings is 1. The summed E-state index contributed by atoms with van der Waals surface area (Å²) in [7, 11) is 0. The van der Waals surface area contributed by atoms with Crippen LogP contribution in [0.25, 0.3) is 0 Å². The zero-order valence-corrected chi connectivity index (χ0v) is 13.2. The SMILES string of the molecule is Cc1nc(NC(=O)NC(=O)c2ccccc2)c(C)c(C)c1C. The Bertz CT molecular complexity index is 724. The molecule has 1 heterocycles. The lowest BCUT2D eigenvalue weighted by atomic mass is 10.0. The Morgan fingerprint density at radius 1 is 0.909 bits per heavy atom. The number of hydrogen-bond acceptors (Lipinski definition) is 3. The summed E-state index contributed by atoms with van der Waals surface area (Å²) < 4.78 is 0. The molecule has 1 aromatic heterocycles.